The van der Waals surface area contributed by atoms with Crippen molar-refractivity contribution in [1.29, 1.82) is 0 Å². The molecule has 2 aromatic carbocycles. The van der Waals surface area contributed by atoms with Crippen molar-refractivity contribution in [2.24, 2.45) is 5.14 Å². The first-order valence-corrected chi connectivity index (χ1v) is 10.6. The first-order valence-electron chi connectivity index (χ1n) is 8.72. The quantitative estimate of drug-likeness (QED) is 0.624. The van der Waals surface area contributed by atoms with Gasteiger partial charge in [-0.05, 0) is 36.2 Å². The number of anilines is 1. The molecule has 0 fully saturated rings. The van der Waals surface area contributed by atoms with E-state index in [0.717, 1.165) is 17.7 Å². The smallest absolute Gasteiger partial charge is 0.296 e. The average molecular weight is 416 g/mol. The number of ketones is 1. The number of carbonyl (C=O) groups is 1. The molecule has 0 aliphatic carbocycles. The SMILES string of the molecule is NS(=O)(=O)Nc1ccc(C2CCn3c(C(=O)c4ccccc4)ccc32)c(Cl)c1. The molecule has 1 aliphatic heterocycles. The molecule has 0 saturated carbocycles. The summed E-state index contributed by atoms with van der Waals surface area (Å²) in [4.78, 5) is 12.8. The number of rotatable bonds is 5. The van der Waals surface area contributed by atoms with Crippen molar-refractivity contribution in [3.8, 4) is 0 Å². The van der Waals surface area contributed by atoms with Gasteiger partial charge in [0.1, 0.15) is 0 Å². The number of halogens is 1. The third-order valence-corrected chi connectivity index (χ3v) is 5.76. The van der Waals surface area contributed by atoms with E-state index >= 15 is 0 Å². The van der Waals surface area contributed by atoms with Crippen molar-refractivity contribution in [1.82, 2.24) is 4.57 Å². The summed E-state index contributed by atoms with van der Waals surface area (Å²) in [7, 11) is -3.86. The molecule has 0 bridgehead atoms. The Morgan fingerprint density at radius 1 is 1.11 bits per heavy atom. The molecule has 0 saturated heterocycles. The van der Waals surface area contributed by atoms with E-state index in [1.54, 1.807) is 18.2 Å². The van der Waals surface area contributed by atoms with Gasteiger partial charge < -0.3 is 4.57 Å². The number of hydrogen-bond acceptors (Lipinski definition) is 3. The number of nitrogens with zero attached hydrogens (tertiary/aromatic N) is 1. The highest BCUT2D eigenvalue weighted by Crippen LogP contribution is 2.40. The monoisotopic (exact) mass is 415 g/mol. The van der Waals surface area contributed by atoms with Crippen LogP contribution in [0.1, 0.15) is 39.6 Å². The molecule has 144 valence electrons. The van der Waals surface area contributed by atoms with Gasteiger partial charge in [-0.1, -0.05) is 48.0 Å². The molecule has 1 atom stereocenters. The highest BCUT2D eigenvalue weighted by molar-refractivity contribution is 7.90. The van der Waals surface area contributed by atoms with Crippen molar-refractivity contribution in [3.63, 3.8) is 0 Å². The van der Waals surface area contributed by atoms with Crippen LogP contribution in [0.3, 0.4) is 0 Å². The second-order valence-electron chi connectivity index (χ2n) is 6.71. The van der Waals surface area contributed by atoms with Gasteiger partial charge in [-0.3, -0.25) is 9.52 Å². The summed E-state index contributed by atoms with van der Waals surface area (Å²) >= 11 is 6.42. The van der Waals surface area contributed by atoms with Crippen LogP contribution in [-0.4, -0.2) is 18.8 Å². The lowest BCUT2D eigenvalue weighted by atomic mass is 9.94. The lowest BCUT2D eigenvalue weighted by molar-refractivity contribution is 0.103. The van der Waals surface area contributed by atoms with E-state index in [0.29, 0.717) is 28.5 Å². The first kappa shape index (κ1) is 18.7. The number of aromatic nitrogens is 1. The topological polar surface area (TPSA) is 94.2 Å². The molecule has 6 nitrogen and oxygen atoms in total. The van der Waals surface area contributed by atoms with Crippen molar-refractivity contribution in [3.05, 3.63) is 88.2 Å². The van der Waals surface area contributed by atoms with E-state index in [9.17, 15) is 13.2 Å². The Morgan fingerprint density at radius 2 is 1.86 bits per heavy atom. The Bertz CT molecular complexity index is 1160. The Hall–Kier alpha value is -2.61. The maximum Gasteiger partial charge on any atom is 0.296 e. The average Bonchev–Trinajstić information content (AvgIpc) is 3.23. The number of nitrogens with one attached hydrogen (secondary N) is 1. The van der Waals surface area contributed by atoms with Gasteiger partial charge in [0.25, 0.3) is 10.2 Å². The molecule has 0 radical (unpaired) electrons. The van der Waals surface area contributed by atoms with Crippen LogP contribution in [-0.2, 0) is 16.8 Å². The largest absolute Gasteiger partial charge is 0.341 e. The van der Waals surface area contributed by atoms with E-state index in [2.05, 4.69) is 4.72 Å². The fourth-order valence-corrected chi connectivity index (χ4v) is 4.50. The lowest BCUT2D eigenvalue weighted by Crippen LogP contribution is -2.21. The highest BCUT2D eigenvalue weighted by Gasteiger charge is 2.29. The maximum absolute atomic E-state index is 12.8. The molecule has 1 aromatic heterocycles. The Morgan fingerprint density at radius 3 is 2.54 bits per heavy atom. The first-order chi connectivity index (χ1) is 13.3. The van der Waals surface area contributed by atoms with E-state index in [1.165, 1.54) is 0 Å². The van der Waals surface area contributed by atoms with Crippen molar-refractivity contribution in [2.45, 2.75) is 18.9 Å². The number of hydrogen-bond donors (Lipinski definition) is 2. The molecule has 4 rings (SSSR count). The summed E-state index contributed by atoms with van der Waals surface area (Å²) < 4.78 is 26.6. The van der Waals surface area contributed by atoms with Gasteiger partial charge in [-0.25, -0.2) is 5.14 Å². The third-order valence-electron chi connectivity index (χ3n) is 4.92. The van der Waals surface area contributed by atoms with Crippen molar-refractivity contribution >= 4 is 33.3 Å². The molecule has 0 amide bonds. The highest BCUT2D eigenvalue weighted by atomic mass is 35.5. The fraction of sp³-hybridized carbons (Fsp3) is 0.150. The van der Waals surface area contributed by atoms with Crippen LogP contribution in [0, 0.1) is 0 Å². The number of carbonyl (C=O) groups excluding carboxylic acids is 1. The predicted octanol–water partition coefficient (Wildman–Crippen LogP) is 3.52. The Labute approximate surface area is 168 Å². The van der Waals surface area contributed by atoms with E-state index in [1.807, 2.05) is 47.0 Å². The van der Waals surface area contributed by atoms with Crippen LogP contribution < -0.4 is 9.86 Å². The summed E-state index contributed by atoms with van der Waals surface area (Å²) in [6.07, 6.45) is 0.812. The van der Waals surface area contributed by atoms with Gasteiger partial charge >= 0.3 is 0 Å². The summed E-state index contributed by atoms with van der Waals surface area (Å²) in [5, 5.41) is 5.45. The minimum absolute atomic E-state index is 0.00806. The molecule has 2 heterocycles. The van der Waals surface area contributed by atoms with E-state index in [4.69, 9.17) is 16.7 Å². The van der Waals surface area contributed by atoms with Gasteiger partial charge in [-0.15, -0.1) is 0 Å². The molecule has 1 unspecified atom stereocenters. The second-order valence-corrected chi connectivity index (χ2v) is 8.42. The molecule has 3 aromatic rings. The third kappa shape index (κ3) is 3.56. The Balaban J connectivity index is 1.64. The summed E-state index contributed by atoms with van der Waals surface area (Å²) in [6.45, 7) is 0.717. The second kappa shape index (κ2) is 7.09. The molecule has 28 heavy (non-hydrogen) atoms. The van der Waals surface area contributed by atoms with Crippen LogP contribution in [0.4, 0.5) is 5.69 Å². The Kier molecular flexibility index (Phi) is 4.74. The number of benzene rings is 2. The maximum atomic E-state index is 12.8. The van der Waals surface area contributed by atoms with E-state index in [-0.39, 0.29) is 11.7 Å². The van der Waals surface area contributed by atoms with Crippen LogP contribution >= 0.6 is 11.6 Å². The zero-order chi connectivity index (χ0) is 19.9. The molecular weight excluding hydrogens is 398 g/mol. The molecular formula is C20H18ClN3O3S. The van der Waals surface area contributed by atoms with Crippen LogP contribution in [0.25, 0.3) is 0 Å². The molecule has 8 heteroatoms. The van der Waals surface area contributed by atoms with E-state index < -0.39 is 10.2 Å². The normalized spacial score (nSPS) is 16.0. The standard InChI is InChI=1S/C20H18ClN3O3S/c21-17-12-14(23-28(22,26)27)6-7-15(17)16-10-11-24-18(16)8-9-19(24)20(25)13-4-2-1-3-5-13/h1-9,12,16,23H,10-11H2,(H2,22,26,27). The van der Waals surface area contributed by atoms with Crippen LogP contribution in [0.15, 0.2) is 60.7 Å². The van der Waals surface area contributed by atoms with Gasteiger partial charge in [0, 0.05) is 28.7 Å². The zero-order valence-corrected chi connectivity index (χ0v) is 16.4. The minimum Gasteiger partial charge on any atom is -0.341 e. The minimum atomic E-state index is -3.86. The van der Waals surface area contributed by atoms with Crippen LogP contribution in [0.5, 0.6) is 0 Å². The van der Waals surface area contributed by atoms with Crippen molar-refractivity contribution < 1.29 is 13.2 Å². The lowest BCUT2D eigenvalue weighted by Gasteiger charge is -2.14. The van der Waals surface area contributed by atoms with Crippen LogP contribution in [0.2, 0.25) is 5.02 Å². The predicted molar refractivity (Wildman–Crippen MR) is 109 cm³/mol. The molecule has 3 N–H and O–H groups in total. The van der Waals surface area contributed by atoms with Gasteiger partial charge in [-0.2, -0.15) is 8.42 Å². The fourth-order valence-electron chi connectivity index (χ4n) is 3.73. The van der Waals surface area contributed by atoms with Gasteiger partial charge in [0.05, 0.1) is 11.4 Å². The number of nitrogens with two attached hydrogens (primary N) is 1. The summed E-state index contributed by atoms with van der Waals surface area (Å²) in [5.74, 6) is 0.0275. The summed E-state index contributed by atoms with van der Waals surface area (Å²) in [5.41, 5.74) is 3.53. The van der Waals surface area contributed by atoms with Gasteiger partial charge in [0.15, 0.2) is 0 Å². The number of fused-ring (bicyclic) bond motifs is 1. The molecule has 1 aliphatic rings. The molecule has 0 spiro atoms. The zero-order valence-electron chi connectivity index (χ0n) is 14.8. The summed E-state index contributed by atoms with van der Waals surface area (Å²) in [6, 6.07) is 18.0. The van der Waals surface area contributed by atoms with Gasteiger partial charge in [0.2, 0.25) is 5.78 Å². The van der Waals surface area contributed by atoms with Crippen molar-refractivity contribution in [2.75, 3.05) is 4.72 Å².